The van der Waals surface area contributed by atoms with E-state index in [1.54, 1.807) is 11.3 Å². The first kappa shape index (κ1) is 11.7. The summed E-state index contributed by atoms with van der Waals surface area (Å²) < 4.78 is 5.48. The van der Waals surface area contributed by atoms with Crippen molar-refractivity contribution >= 4 is 11.3 Å². The predicted octanol–water partition coefficient (Wildman–Crippen LogP) is 1.99. The van der Waals surface area contributed by atoms with Crippen molar-refractivity contribution < 1.29 is 4.74 Å². The monoisotopic (exact) mass is 214 g/mol. The second kappa shape index (κ2) is 6.14. The average molecular weight is 214 g/mol. The minimum Gasteiger partial charge on any atom is -0.379 e. The molecular weight excluding hydrogens is 196 g/mol. The Morgan fingerprint density at radius 1 is 1.57 bits per heavy atom. The molecular formula is C10H18N2OS. The lowest BCUT2D eigenvalue weighted by Crippen LogP contribution is -2.31. The topological polar surface area (TPSA) is 47.3 Å². The predicted molar refractivity (Wildman–Crippen MR) is 60.2 cm³/mol. The van der Waals surface area contributed by atoms with Gasteiger partial charge >= 0.3 is 0 Å². The van der Waals surface area contributed by atoms with Crippen LogP contribution < -0.4 is 11.3 Å². The number of thiophene rings is 1. The van der Waals surface area contributed by atoms with Crippen LogP contribution in [0.1, 0.15) is 30.5 Å². The maximum atomic E-state index is 5.49. The molecule has 3 N–H and O–H groups in total. The summed E-state index contributed by atoms with van der Waals surface area (Å²) in [4.78, 5) is 0. The zero-order chi connectivity index (χ0) is 10.4. The lowest BCUT2D eigenvalue weighted by Gasteiger charge is -2.15. The highest BCUT2D eigenvalue weighted by atomic mass is 32.1. The van der Waals surface area contributed by atoms with Gasteiger partial charge in [-0.3, -0.25) is 11.3 Å². The number of ether oxygens (including phenoxy) is 1. The van der Waals surface area contributed by atoms with Crippen molar-refractivity contribution in [3.8, 4) is 0 Å². The Morgan fingerprint density at radius 3 is 2.86 bits per heavy atom. The van der Waals surface area contributed by atoms with Crippen LogP contribution in [0.25, 0.3) is 0 Å². The highest BCUT2D eigenvalue weighted by molar-refractivity contribution is 7.08. The third kappa shape index (κ3) is 3.06. The van der Waals surface area contributed by atoms with Gasteiger partial charge in [0.05, 0.1) is 12.6 Å². The quantitative estimate of drug-likeness (QED) is 0.432. The molecule has 1 aromatic rings. The SMILES string of the molecule is CCCOCC(NN)c1cscc1C. The van der Waals surface area contributed by atoms with Crippen LogP contribution in [0.15, 0.2) is 10.8 Å². The van der Waals surface area contributed by atoms with Gasteiger partial charge in [0.15, 0.2) is 0 Å². The summed E-state index contributed by atoms with van der Waals surface area (Å²) in [7, 11) is 0. The van der Waals surface area contributed by atoms with Gasteiger partial charge in [-0.25, -0.2) is 0 Å². The van der Waals surface area contributed by atoms with Crippen molar-refractivity contribution in [1.29, 1.82) is 0 Å². The minimum absolute atomic E-state index is 0.118. The van der Waals surface area contributed by atoms with Crippen molar-refractivity contribution in [2.75, 3.05) is 13.2 Å². The minimum atomic E-state index is 0.118. The van der Waals surface area contributed by atoms with E-state index in [4.69, 9.17) is 10.6 Å². The third-order valence-electron chi connectivity index (χ3n) is 2.10. The molecule has 0 radical (unpaired) electrons. The Balaban J connectivity index is 2.50. The average Bonchev–Trinajstić information content (AvgIpc) is 2.60. The molecule has 1 atom stereocenters. The van der Waals surface area contributed by atoms with Crippen molar-refractivity contribution in [1.82, 2.24) is 5.43 Å². The van der Waals surface area contributed by atoms with E-state index in [2.05, 4.69) is 30.0 Å². The van der Waals surface area contributed by atoms with Gasteiger partial charge in [0.1, 0.15) is 0 Å². The molecule has 0 bridgehead atoms. The van der Waals surface area contributed by atoms with E-state index in [0.717, 1.165) is 13.0 Å². The van der Waals surface area contributed by atoms with E-state index in [9.17, 15) is 0 Å². The van der Waals surface area contributed by atoms with Crippen molar-refractivity contribution in [2.45, 2.75) is 26.3 Å². The van der Waals surface area contributed by atoms with E-state index in [1.807, 2.05) is 0 Å². The molecule has 1 aromatic heterocycles. The van der Waals surface area contributed by atoms with Crippen LogP contribution in [-0.4, -0.2) is 13.2 Å². The van der Waals surface area contributed by atoms with Gasteiger partial charge in [-0.05, 0) is 35.2 Å². The molecule has 3 nitrogen and oxygen atoms in total. The van der Waals surface area contributed by atoms with Gasteiger partial charge in [-0.2, -0.15) is 11.3 Å². The van der Waals surface area contributed by atoms with Crippen LogP contribution in [0.2, 0.25) is 0 Å². The van der Waals surface area contributed by atoms with Crippen LogP contribution in [-0.2, 0) is 4.74 Å². The highest BCUT2D eigenvalue weighted by Crippen LogP contribution is 2.21. The van der Waals surface area contributed by atoms with E-state index < -0.39 is 0 Å². The first-order valence-electron chi connectivity index (χ1n) is 4.86. The fourth-order valence-corrected chi connectivity index (χ4v) is 2.21. The third-order valence-corrected chi connectivity index (χ3v) is 2.98. The molecule has 0 saturated carbocycles. The van der Waals surface area contributed by atoms with Gasteiger partial charge in [0.25, 0.3) is 0 Å². The lowest BCUT2D eigenvalue weighted by atomic mass is 10.1. The molecule has 0 aliphatic rings. The Kier molecular flexibility index (Phi) is 5.11. The fourth-order valence-electron chi connectivity index (χ4n) is 1.30. The Hall–Kier alpha value is -0.420. The smallest absolute Gasteiger partial charge is 0.0704 e. The number of hydrogen-bond acceptors (Lipinski definition) is 4. The number of aryl methyl sites for hydroxylation is 1. The number of nitrogens with two attached hydrogens (primary N) is 1. The van der Waals surface area contributed by atoms with Gasteiger partial charge in [-0.1, -0.05) is 6.92 Å². The van der Waals surface area contributed by atoms with Gasteiger partial charge < -0.3 is 4.74 Å². The van der Waals surface area contributed by atoms with E-state index in [1.165, 1.54) is 11.1 Å². The first-order valence-corrected chi connectivity index (χ1v) is 5.80. The normalized spacial score (nSPS) is 13.1. The molecule has 0 fully saturated rings. The summed E-state index contributed by atoms with van der Waals surface area (Å²) >= 11 is 1.70. The van der Waals surface area contributed by atoms with Crippen molar-refractivity contribution in [2.24, 2.45) is 5.84 Å². The summed E-state index contributed by atoms with van der Waals surface area (Å²) in [5.74, 6) is 5.49. The summed E-state index contributed by atoms with van der Waals surface area (Å²) in [6, 6.07) is 0.118. The Labute approximate surface area is 89.2 Å². The molecule has 4 heteroatoms. The van der Waals surface area contributed by atoms with E-state index >= 15 is 0 Å². The van der Waals surface area contributed by atoms with Crippen LogP contribution in [0.5, 0.6) is 0 Å². The number of hydrazine groups is 1. The number of rotatable bonds is 6. The Morgan fingerprint density at radius 2 is 2.36 bits per heavy atom. The molecule has 0 spiro atoms. The van der Waals surface area contributed by atoms with Crippen LogP contribution in [0.3, 0.4) is 0 Å². The van der Waals surface area contributed by atoms with E-state index in [0.29, 0.717) is 6.61 Å². The van der Waals surface area contributed by atoms with Crippen LogP contribution >= 0.6 is 11.3 Å². The molecule has 0 amide bonds. The molecule has 0 aromatic carbocycles. The second-order valence-corrected chi connectivity index (χ2v) is 4.05. The van der Waals surface area contributed by atoms with Crippen molar-refractivity contribution in [3.63, 3.8) is 0 Å². The summed E-state index contributed by atoms with van der Waals surface area (Å²) in [5, 5.41) is 4.24. The summed E-state index contributed by atoms with van der Waals surface area (Å²) in [6.07, 6.45) is 1.04. The number of nitrogens with one attached hydrogen (secondary N) is 1. The largest absolute Gasteiger partial charge is 0.379 e. The van der Waals surface area contributed by atoms with Crippen LogP contribution in [0.4, 0.5) is 0 Å². The standard InChI is InChI=1S/C10H18N2OS/c1-3-4-13-5-10(12-11)9-7-14-6-8(9)2/h6-7,10,12H,3-5,11H2,1-2H3. The molecule has 0 saturated heterocycles. The first-order chi connectivity index (χ1) is 6.79. The van der Waals surface area contributed by atoms with Gasteiger partial charge in [0.2, 0.25) is 0 Å². The maximum absolute atomic E-state index is 5.49. The molecule has 1 rings (SSSR count). The lowest BCUT2D eigenvalue weighted by molar-refractivity contribution is 0.112. The summed E-state index contributed by atoms with van der Waals surface area (Å²) in [5.41, 5.74) is 5.31. The molecule has 1 unspecified atom stereocenters. The van der Waals surface area contributed by atoms with Crippen molar-refractivity contribution in [3.05, 3.63) is 21.9 Å². The molecule has 1 heterocycles. The summed E-state index contributed by atoms with van der Waals surface area (Å²) in [6.45, 7) is 5.62. The zero-order valence-electron chi connectivity index (χ0n) is 8.75. The number of hydrogen-bond donors (Lipinski definition) is 2. The van der Waals surface area contributed by atoms with Gasteiger partial charge in [-0.15, -0.1) is 0 Å². The molecule has 0 aliphatic carbocycles. The Bertz CT molecular complexity index is 262. The maximum Gasteiger partial charge on any atom is 0.0704 e. The molecule has 14 heavy (non-hydrogen) atoms. The van der Waals surface area contributed by atoms with Crippen LogP contribution in [0, 0.1) is 6.92 Å². The van der Waals surface area contributed by atoms with E-state index in [-0.39, 0.29) is 6.04 Å². The second-order valence-electron chi connectivity index (χ2n) is 3.30. The highest BCUT2D eigenvalue weighted by Gasteiger charge is 2.12. The fraction of sp³-hybridized carbons (Fsp3) is 0.600. The zero-order valence-corrected chi connectivity index (χ0v) is 9.56. The molecule has 80 valence electrons. The van der Waals surface area contributed by atoms with Gasteiger partial charge in [0, 0.05) is 6.61 Å². The molecule has 0 aliphatic heterocycles.